The number of amides is 1. The van der Waals surface area contributed by atoms with Gasteiger partial charge in [0.25, 0.3) is 0 Å². The number of nitrogens with zero attached hydrogens (tertiary/aromatic N) is 4. The third-order valence-corrected chi connectivity index (χ3v) is 3.41. The Morgan fingerprint density at radius 3 is 2.61 bits per heavy atom. The third-order valence-electron chi connectivity index (χ3n) is 3.41. The molecule has 0 saturated heterocycles. The zero-order chi connectivity index (χ0) is 16.2. The van der Waals surface area contributed by atoms with Crippen molar-refractivity contribution in [3.8, 4) is 5.95 Å². The maximum Gasteiger partial charge on any atom is 0.235 e. The van der Waals surface area contributed by atoms with Crippen LogP contribution < -0.4 is 5.32 Å². The fourth-order valence-corrected chi connectivity index (χ4v) is 2.31. The quantitative estimate of drug-likeness (QED) is 0.803. The van der Waals surface area contributed by atoms with Gasteiger partial charge in [0.1, 0.15) is 5.82 Å². The van der Waals surface area contributed by atoms with Crippen molar-refractivity contribution >= 4 is 11.6 Å². The number of nitrogens with one attached hydrogen (secondary N) is 1. The van der Waals surface area contributed by atoms with Gasteiger partial charge in [0.05, 0.1) is 24.5 Å². The molecule has 6 nitrogen and oxygen atoms in total. The summed E-state index contributed by atoms with van der Waals surface area (Å²) in [5.41, 5.74) is 2.69. The van der Waals surface area contributed by atoms with Crippen molar-refractivity contribution < 1.29 is 4.79 Å². The summed E-state index contributed by atoms with van der Waals surface area (Å²) in [5.74, 6) is 1.24. The first-order chi connectivity index (χ1) is 11.1. The van der Waals surface area contributed by atoms with Crippen LogP contribution in [0.15, 0.2) is 49.1 Å². The molecule has 0 spiro atoms. The molecule has 0 bridgehead atoms. The monoisotopic (exact) mass is 307 g/mol. The number of hydrogen-bond donors (Lipinski definition) is 1. The van der Waals surface area contributed by atoms with Crippen molar-refractivity contribution in [1.82, 2.24) is 19.5 Å². The number of hydrogen-bond acceptors (Lipinski definition) is 4. The maximum atomic E-state index is 12.1. The van der Waals surface area contributed by atoms with Crippen LogP contribution in [0.4, 0.5) is 5.69 Å². The fraction of sp³-hybridized carbons (Fsp3) is 0.176. The summed E-state index contributed by atoms with van der Waals surface area (Å²) in [6.45, 7) is 3.88. The van der Waals surface area contributed by atoms with E-state index in [4.69, 9.17) is 0 Å². The molecule has 0 aliphatic carbocycles. The predicted molar refractivity (Wildman–Crippen MR) is 87.4 cm³/mol. The molecule has 23 heavy (non-hydrogen) atoms. The zero-order valence-corrected chi connectivity index (χ0v) is 13.0. The number of aromatic nitrogens is 4. The second-order valence-corrected chi connectivity index (χ2v) is 5.33. The van der Waals surface area contributed by atoms with Gasteiger partial charge >= 0.3 is 0 Å². The van der Waals surface area contributed by atoms with E-state index in [1.165, 1.54) is 0 Å². The van der Waals surface area contributed by atoms with E-state index < -0.39 is 0 Å². The van der Waals surface area contributed by atoms with E-state index >= 15 is 0 Å². The second-order valence-electron chi connectivity index (χ2n) is 5.33. The second kappa shape index (κ2) is 6.39. The molecule has 2 heterocycles. The summed E-state index contributed by atoms with van der Waals surface area (Å²) in [6.07, 6.45) is 6.99. The van der Waals surface area contributed by atoms with E-state index in [0.717, 1.165) is 17.0 Å². The first-order valence-corrected chi connectivity index (χ1v) is 7.29. The van der Waals surface area contributed by atoms with Crippen LogP contribution in [0.25, 0.3) is 5.95 Å². The smallest absolute Gasteiger partial charge is 0.235 e. The van der Waals surface area contributed by atoms with Crippen molar-refractivity contribution in [1.29, 1.82) is 0 Å². The van der Waals surface area contributed by atoms with E-state index in [-0.39, 0.29) is 5.91 Å². The van der Waals surface area contributed by atoms with Gasteiger partial charge in [0.15, 0.2) is 0 Å². The van der Waals surface area contributed by atoms with Gasteiger partial charge in [-0.3, -0.25) is 9.36 Å². The molecule has 0 aliphatic heterocycles. The third kappa shape index (κ3) is 3.60. The number of carbonyl (C=O) groups excluding carboxylic acids is 1. The van der Waals surface area contributed by atoms with Crippen LogP contribution in [0.2, 0.25) is 0 Å². The minimum absolute atomic E-state index is 0.0919. The van der Waals surface area contributed by atoms with Gasteiger partial charge in [-0.05, 0) is 19.4 Å². The van der Waals surface area contributed by atoms with Crippen LogP contribution in [-0.4, -0.2) is 25.4 Å². The van der Waals surface area contributed by atoms with Crippen molar-refractivity contribution in [2.75, 3.05) is 5.32 Å². The lowest BCUT2D eigenvalue weighted by Gasteiger charge is -2.07. The molecule has 0 aliphatic rings. The van der Waals surface area contributed by atoms with Gasteiger partial charge in [-0.2, -0.15) is 0 Å². The fourth-order valence-electron chi connectivity index (χ4n) is 2.31. The molecule has 3 aromatic rings. The molecule has 3 rings (SSSR count). The molecule has 1 N–H and O–H groups in total. The van der Waals surface area contributed by atoms with Crippen LogP contribution in [0, 0.1) is 13.8 Å². The van der Waals surface area contributed by atoms with Gasteiger partial charge < -0.3 is 5.32 Å². The summed E-state index contributed by atoms with van der Waals surface area (Å²) < 4.78 is 1.78. The molecule has 116 valence electrons. The van der Waals surface area contributed by atoms with Gasteiger partial charge in [-0.25, -0.2) is 15.0 Å². The Balaban J connectivity index is 1.66. The zero-order valence-electron chi connectivity index (χ0n) is 13.0. The van der Waals surface area contributed by atoms with Crippen LogP contribution in [-0.2, 0) is 11.2 Å². The predicted octanol–water partition coefficient (Wildman–Crippen LogP) is 2.46. The number of rotatable bonds is 4. The van der Waals surface area contributed by atoms with Gasteiger partial charge in [-0.15, -0.1) is 0 Å². The highest BCUT2D eigenvalue weighted by Crippen LogP contribution is 2.10. The summed E-state index contributed by atoms with van der Waals surface area (Å²) >= 11 is 0. The summed E-state index contributed by atoms with van der Waals surface area (Å²) in [6, 6.07) is 7.89. The highest BCUT2D eigenvalue weighted by molar-refractivity contribution is 5.91. The Morgan fingerprint density at radius 2 is 1.96 bits per heavy atom. The lowest BCUT2D eigenvalue weighted by atomic mass is 10.1. The Kier molecular flexibility index (Phi) is 4.14. The molecule has 2 aromatic heterocycles. The minimum Gasteiger partial charge on any atom is -0.323 e. The maximum absolute atomic E-state index is 12.1. The molecule has 0 atom stereocenters. The van der Waals surface area contributed by atoms with Crippen LogP contribution in [0.5, 0.6) is 0 Å². The molecule has 1 aromatic carbocycles. The first-order valence-electron chi connectivity index (χ1n) is 7.29. The average Bonchev–Trinajstić information content (AvgIpc) is 2.94. The van der Waals surface area contributed by atoms with Gasteiger partial charge in [0.2, 0.25) is 11.9 Å². The lowest BCUT2D eigenvalue weighted by molar-refractivity contribution is -0.115. The average molecular weight is 307 g/mol. The highest BCUT2D eigenvalue weighted by atomic mass is 16.1. The van der Waals surface area contributed by atoms with Crippen molar-refractivity contribution in [2.45, 2.75) is 20.3 Å². The molecule has 0 fully saturated rings. The number of aryl methyl sites for hydroxylation is 2. The van der Waals surface area contributed by atoms with Gasteiger partial charge in [0, 0.05) is 12.4 Å². The van der Waals surface area contributed by atoms with E-state index in [1.54, 1.807) is 29.4 Å². The number of benzene rings is 1. The van der Waals surface area contributed by atoms with Crippen LogP contribution >= 0.6 is 0 Å². The van der Waals surface area contributed by atoms with Crippen molar-refractivity contribution in [3.05, 3.63) is 66.0 Å². The normalized spacial score (nSPS) is 10.5. The molecule has 0 radical (unpaired) electrons. The lowest BCUT2D eigenvalue weighted by Crippen LogP contribution is -2.15. The molecule has 6 heteroatoms. The largest absolute Gasteiger partial charge is 0.323 e. The SMILES string of the molecule is Cc1cccc(CC(=O)Nc2cnc(-n3ccnc3C)nc2)c1. The van der Waals surface area contributed by atoms with Crippen molar-refractivity contribution in [3.63, 3.8) is 0 Å². The van der Waals surface area contributed by atoms with Crippen LogP contribution in [0.1, 0.15) is 17.0 Å². The highest BCUT2D eigenvalue weighted by Gasteiger charge is 2.07. The summed E-state index contributed by atoms with van der Waals surface area (Å²) in [5, 5.41) is 2.81. The van der Waals surface area contributed by atoms with E-state index in [1.807, 2.05) is 38.1 Å². The summed E-state index contributed by atoms with van der Waals surface area (Å²) in [7, 11) is 0. The standard InChI is InChI=1S/C17H17N5O/c1-12-4-3-5-14(8-12)9-16(23)21-15-10-19-17(20-11-15)22-7-6-18-13(22)2/h3-8,10-11H,9H2,1-2H3,(H,21,23). The Morgan fingerprint density at radius 1 is 1.17 bits per heavy atom. The topological polar surface area (TPSA) is 72.7 Å². The number of carbonyl (C=O) groups is 1. The molecular formula is C17H17N5O. The van der Waals surface area contributed by atoms with E-state index in [2.05, 4.69) is 20.3 Å². The Hall–Kier alpha value is -3.02. The minimum atomic E-state index is -0.0919. The first kappa shape index (κ1) is 14.9. The number of anilines is 1. The molecule has 1 amide bonds. The van der Waals surface area contributed by atoms with Gasteiger partial charge in [-0.1, -0.05) is 29.8 Å². The Labute approximate surface area is 134 Å². The molecule has 0 saturated carbocycles. The van der Waals surface area contributed by atoms with E-state index in [0.29, 0.717) is 18.1 Å². The molecule has 0 unspecified atom stereocenters. The van der Waals surface area contributed by atoms with E-state index in [9.17, 15) is 4.79 Å². The summed E-state index contributed by atoms with van der Waals surface area (Å²) in [4.78, 5) is 24.7. The Bertz CT molecular complexity index is 823. The van der Waals surface area contributed by atoms with Crippen LogP contribution in [0.3, 0.4) is 0 Å². The molecular weight excluding hydrogens is 290 g/mol. The number of imidazole rings is 1. The van der Waals surface area contributed by atoms with Crippen molar-refractivity contribution in [2.24, 2.45) is 0 Å².